The second-order valence-corrected chi connectivity index (χ2v) is 7.24. The van der Waals surface area contributed by atoms with Gasteiger partial charge in [0, 0.05) is 25.2 Å². The third kappa shape index (κ3) is 5.75. The maximum absolute atomic E-state index is 12.4. The molecular formula is C19H27N3O4. The fraction of sp³-hybridized carbons (Fsp3) is 0.526. The number of likely N-dealkylation sites (tertiary alicyclic amines) is 1. The lowest BCUT2D eigenvalue weighted by Crippen LogP contribution is -2.48. The molecule has 1 aliphatic rings. The minimum absolute atomic E-state index is 0.184. The Kier molecular flexibility index (Phi) is 6.60. The molecule has 0 aliphatic carbocycles. The van der Waals surface area contributed by atoms with Crippen LogP contribution in [0.4, 0.5) is 4.79 Å². The summed E-state index contributed by atoms with van der Waals surface area (Å²) in [5.41, 5.74) is -0.0201. The van der Waals surface area contributed by atoms with Crippen LogP contribution in [0.15, 0.2) is 30.3 Å². The fourth-order valence-electron chi connectivity index (χ4n) is 2.75. The van der Waals surface area contributed by atoms with Crippen LogP contribution in [-0.4, -0.2) is 54.1 Å². The van der Waals surface area contributed by atoms with Gasteiger partial charge in [0.25, 0.3) is 5.91 Å². The Morgan fingerprint density at radius 2 is 1.77 bits per heavy atom. The lowest BCUT2D eigenvalue weighted by Gasteiger charge is -2.28. The van der Waals surface area contributed by atoms with Crippen molar-refractivity contribution in [3.05, 3.63) is 35.9 Å². The lowest BCUT2D eigenvalue weighted by molar-refractivity contribution is -0.125. The molecule has 1 aromatic carbocycles. The summed E-state index contributed by atoms with van der Waals surface area (Å²) in [5.74, 6) is -0.404. The van der Waals surface area contributed by atoms with E-state index >= 15 is 0 Å². The van der Waals surface area contributed by atoms with E-state index in [9.17, 15) is 14.4 Å². The molecule has 1 aromatic rings. The van der Waals surface area contributed by atoms with Crippen molar-refractivity contribution in [3.8, 4) is 0 Å². The molecule has 7 nitrogen and oxygen atoms in total. The highest BCUT2D eigenvalue weighted by atomic mass is 16.6. The molecule has 0 aromatic heterocycles. The van der Waals surface area contributed by atoms with Gasteiger partial charge in [0.15, 0.2) is 0 Å². The van der Waals surface area contributed by atoms with Gasteiger partial charge >= 0.3 is 6.09 Å². The molecule has 1 aliphatic heterocycles. The summed E-state index contributed by atoms with van der Waals surface area (Å²) in [6.45, 7) is 6.52. The number of carbonyl (C=O) groups excluding carboxylic acids is 3. The SMILES string of the molecule is CC(C)(C)OC(=O)N1CCCC1C(=O)NCCNC(=O)c1ccccc1. The molecule has 0 spiro atoms. The van der Waals surface area contributed by atoms with Crippen molar-refractivity contribution >= 4 is 17.9 Å². The first kappa shape index (κ1) is 19.8. The molecule has 1 atom stereocenters. The van der Waals surface area contributed by atoms with Crippen molar-refractivity contribution in [3.63, 3.8) is 0 Å². The van der Waals surface area contributed by atoms with Crippen LogP contribution < -0.4 is 10.6 Å². The van der Waals surface area contributed by atoms with E-state index in [4.69, 9.17) is 4.74 Å². The third-order valence-corrected chi connectivity index (χ3v) is 3.93. The molecule has 142 valence electrons. The summed E-state index contributed by atoms with van der Waals surface area (Å²) in [7, 11) is 0. The van der Waals surface area contributed by atoms with Gasteiger partial charge in [-0.2, -0.15) is 0 Å². The van der Waals surface area contributed by atoms with E-state index in [1.54, 1.807) is 45.0 Å². The van der Waals surface area contributed by atoms with E-state index in [0.29, 0.717) is 31.6 Å². The molecule has 1 unspecified atom stereocenters. The van der Waals surface area contributed by atoms with Gasteiger partial charge in [-0.3, -0.25) is 14.5 Å². The van der Waals surface area contributed by atoms with Crippen molar-refractivity contribution in [2.24, 2.45) is 0 Å². The monoisotopic (exact) mass is 361 g/mol. The number of benzene rings is 1. The van der Waals surface area contributed by atoms with Crippen molar-refractivity contribution in [2.45, 2.75) is 45.3 Å². The van der Waals surface area contributed by atoms with Gasteiger partial charge in [-0.1, -0.05) is 18.2 Å². The minimum atomic E-state index is -0.595. The molecule has 0 saturated carbocycles. The molecule has 1 fully saturated rings. The van der Waals surface area contributed by atoms with Crippen molar-refractivity contribution in [1.29, 1.82) is 0 Å². The molecule has 26 heavy (non-hydrogen) atoms. The Balaban J connectivity index is 1.76. The largest absolute Gasteiger partial charge is 0.444 e. The van der Waals surface area contributed by atoms with Crippen LogP contribution in [-0.2, 0) is 9.53 Å². The van der Waals surface area contributed by atoms with Crippen LogP contribution in [0.1, 0.15) is 44.0 Å². The number of nitrogens with zero attached hydrogens (tertiary/aromatic N) is 1. The van der Waals surface area contributed by atoms with Crippen molar-refractivity contribution in [1.82, 2.24) is 15.5 Å². The zero-order valence-electron chi connectivity index (χ0n) is 15.6. The van der Waals surface area contributed by atoms with Crippen LogP contribution in [0.5, 0.6) is 0 Å². The molecule has 1 heterocycles. The van der Waals surface area contributed by atoms with Crippen molar-refractivity contribution < 1.29 is 19.1 Å². The van der Waals surface area contributed by atoms with Crippen LogP contribution in [0.3, 0.4) is 0 Å². The number of hydrogen-bond donors (Lipinski definition) is 2. The second kappa shape index (κ2) is 8.69. The quantitative estimate of drug-likeness (QED) is 0.785. The number of carbonyl (C=O) groups is 3. The van der Waals surface area contributed by atoms with E-state index < -0.39 is 17.7 Å². The standard InChI is InChI=1S/C19H27N3O4/c1-19(2,3)26-18(25)22-13-7-10-15(22)17(24)21-12-11-20-16(23)14-8-5-4-6-9-14/h4-6,8-9,15H,7,10-13H2,1-3H3,(H,20,23)(H,21,24). The van der Waals surface area contributed by atoms with E-state index in [0.717, 1.165) is 6.42 Å². The fourth-order valence-corrected chi connectivity index (χ4v) is 2.75. The van der Waals surface area contributed by atoms with Gasteiger partial charge in [-0.05, 0) is 45.7 Å². The predicted molar refractivity (Wildman–Crippen MR) is 97.7 cm³/mol. The summed E-state index contributed by atoms with van der Waals surface area (Å²) < 4.78 is 5.36. The van der Waals surface area contributed by atoms with Gasteiger partial charge in [0.05, 0.1) is 0 Å². The first-order chi connectivity index (χ1) is 12.3. The molecular weight excluding hydrogens is 334 g/mol. The summed E-state index contributed by atoms with van der Waals surface area (Å²) in [6, 6.07) is 8.37. The summed E-state index contributed by atoms with van der Waals surface area (Å²) in [5, 5.41) is 5.53. The zero-order chi connectivity index (χ0) is 19.2. The topological polar surface area (TPSA) is 87.7 Å². The number of amides is 3. The number of hydrogen-bond acceptors (Lipinski definition) is 4. The van der Waals surface area contributed by atoms with E-state index in [1.165, 1.54) is 4.90 Å². The highest BCUT2D eigenvalue weighted by Crippen LogP contribution is 2.20. The van der Waals surface area contributed by atoms with Crippen LogP contribution in [0.25, 0.3) is 0 Å². The predicted octanol–water partition coefficient (Wildman–Crippen LogP) is 1.93. The molecule has 1 saturated heterocycles. The maximum Gasteiger partial charge on any atom is 0.410 e. The third-order valence-electron chi connectivity index (χ3n) is 3.93. The normalized spacial score (nSPS) is 16.9. The average molecular weight is 361 g/mol. The maximum atomic E-state index is 12.4. The van der Waals surface area contributed by atoms with Crippen LogP contribution in [0.2, 0.25) is 0 Å². The first-order valence-corrected chi connectivity index (χ1v) is 8.88. The number of rotatable bonds is 5. The molecule has 0 bridgehead atoms. The number of ether oxygens (including phenoxy) is 1. The van der Waals surface area contributed by atoms with Crippen LogP contribution in [0, 0.1) is 0 Å². The smallest absolute Gasteiger partial charge is 0.410 e. The highest BCUT2D eigenvalue weighted by Gasteiger charge is 2.36. The van der Waals surface area contributed by atoms with Gasteiger partial charge in [0.2, 0.25) is 5.91 Å². The molecule has 7 heteroatoms. The average Bonchev–Trinajstić information content (AvgIpc) is 3.07. The van der Waals surface area contributed by atoms with E-state index in [1.807, 2.05) is 6.07 Å². The van der Waals surface area contributed by atoms with Crippen LogP contribution >= 0.6 is 0 Å². The van der Waals surface area contributed by atoms with Crippen molar-refractivity contribution in [2.75, 3.05) is 19.6 Å². The molecule has 2 N–H and O–H groups in total. The van der Waals surface area contributed by atoms with Gasteiger partial charge in [-0.25, -0.2) is 4.79 Å². The molecule has 2 rings (SSSR count). The summed E-state index contributed by atoms with van der Waals surface area (Å²) >= 11 is 0. The Labute approximate surface area is 154 Å². The highest BCUT2D eigenvalue weighted by molar-refractivity contribution is 5.94. The van der Waals surface area contributed by atoms with Gasteiger partial charge in [-0.15, -0.1) is 0 Å². The molecule has 3 amide bonds. The lowest BCUT2D eigenvalue weighted by atomic mass is 10.2. The Morgan fingerprint density at radius 3 is 2.42 bits per heavy atom. The van der Waals surface area contributed by atoms with Gasteiger partial charge < -0.3 is 15.4 Å². The Bertz CT molecular complexity index is 640. The minimum Gasteiger partial charge on any atom is -0.444 e. The molecule has 0 radical (unpaired) electrons. The van der Waals surface area contributed by atoms with E-state index in [-0.39, 0.29) is 11.8 Å². The second-order valence-electron chi connectivity index (χ2n) is 7.24. The number of nitrogens with one attached hydrogen (secondary N) is 2. The van der Waals surface area contributed by atoms with E-state index in [2.05, 4.69) is 10.6 Å². The first-order valence-electron chi connectivity index (χ1n) is 8.88. The summed E-state index contributed by atoms with van der Waals surface area (Å²) in [6.07, 6.45) is 0.913. The summed E-state index contributed by atoms with van der Waals surface area (Å²) in [4.78, 5) is 38.0. The Hall–Kier alpha value is -2.57. The zero-order valence-corrected chi connectivity index (χ0v) is 15.6. The van der Waals surface area contributed by atoms with Gasteiger partial charge in [0.1, 0.15) is 11.6 Å². The Morgan fingerprint density at radius 1 is 1.12 bits per heavy atom.